The maximum atomic E-state index is 2.36. The van der Waals surface area contributed by atoms with E-state index in [4.69, 9.17) is 0 Å². The molecule has 0 aromatic carbocycles. The molecule has 0 aliphatic heterocycles. The van der Waals surface area contributed by atoms with E-state index < -0.39 is 0 Å². The minimum atomic E-state index is 0.554. The molecule has 0 spiro atoms. The molecule has 0 amide bonds. The van der Waals surface area contributed by atoms with Crippen LogP contribution in [0.25, 0.3) is 0 Å². The van der Waals surface area contributed by atoms with Crippen molar-refractivity contribution in [3.63, 3.8) is 0 Å². The van der Waals surface area contributed by atoms with Crippen LogP contribution in [0, 0.1) is 23.7 Å². The van der Waals surface area contributed by atoms with Crippen molar-refractivity contribution in [1.82, 2.24) is 0 Å². The average Bonchev–Trinajstić information content (AvgIpc) is 2.33. The van der Waals surface area contributed by atoms with Gasteiger partial charge >= 0.3 is 0 Å². The highest BCUT2D eigenvalue weighted by Gasteiger charge is 2.29. The summed E-state index contributed by atoms with van der Waals surface area (Å²) in [5.41, 5.74) is 0. The largest absolute Gasteiger partial charge is 0.0799 e. The predicted molar refractivity (Wildman–Crippen MR) is 68.8 cm³/mol. The molecule has 0 heterocycles. The van der Waals surface area contributed by atoms with Gasteiger partial charge in [-0.25, -0.2) is 0 Å². The Bertz CT molecular complexity index is 387. The Morgan fingerprint density at radius 2 is 0.688 bits per heavy atom. The van der Waals surface area contributed by atoms with Gasteiger partial charge in [0.25, 0.3) is 0 Å². The normalized spacial score (nSPS) is 43.0. The van der Waals surface area contributed by atoms with Crippen molar-refractivity contribution in [1.29, 1.82) is 0 Å². The van der Waals surface area contributed by atoms with Gasteiger partial charge in [0.1, 0.15) is 0 Å². The first kappa shape index (κ1) is 9.65. The van der Waals surface area contributed by atoms with E-state index in [2.05, 4.69) is 72.9 Å². The highest BCUT2D eigenvalue weighted by Crippen LogP contribution is 2.37. The maximum Gasteiger partial charge on any atom is 0.00217 e. The van der Waals surface area contributed by atoms with Crippen LogP contribution < -0.4 is 0 Å². The number of allylic oxidation sites excluding steroid dienone is 12. The first-order valence-corrected chi connectivity index (χ1v) is 6.00. The second-order valence-corrected chi connectivity index (χ2v) is 4.62. The molecule has 80 valence electrons. The van der Waals surface area contributed by atoms with Crippen molar-refractivity contribution in [3.8, 4) is 0 Å². The van der Waals surface area contributed by atoms with Crippen LogP contribution in [0.3, 0.4) is 0 Å². The van der Waals surface area contributed by atoms with E-state index in [1.54, 1.807) is 0 Å². The zero-order valence-electron chi connectivity index (χ0n) is 9.24. The summed E-state index contributed by atoms with van der Waals surface area (Å²) in [7, 11) is 0. The fourth-order valence-corrected chi connectivity index (χ4v) is 2.82. The summed E-state index contributed by atoms with van der Waals surface area (Å²) in [4.78, 5) is 0. The van der Waals surface area contributed by atoms with Crippen LogP contribution in [0.15, 0.2) is 72.9 Å². The van der Waals surface area contributed by atoms with Crippen molar-refractivity contribution >= 4 is 0 Å². The number of hydrogen-bond donors (Lipinski definition) is 0. The summed E-state index contributed by atoms with van der Waals surface area (Å²) in [6.07, 6.45) is 27.0. The fourth-order valence-electron chi connectivity index (χ4n) is 2.82. The Kier molecular flexibility index (Phi) is 2.49. The molecule has 0 N–H and O–H groups in total. The Balaban J connectivity index is 1.99. The van der Waals surface area contributed by atoms with Crippen molar-refractivity contribution in [2.45, 2.75) is 0 Å². The van der Waals surface area contributed by atoms with Gasteiger partial charge in [-0.15, -0.1) is 0 Å². The van der Waals surface area contributed by atoms with E-state index in [1.165, 1.54) is 0 Å². The molecule has 0 fully saturated rings. The van der Waals surface area contributed by atoms with Gasteiger partial charge in [-0.3, -0.25) is 0 Å². The molecule has 0 radical (unpaired) electrons. The standard InChI is InChI=1S/C16H16/c1-2-8-14-10-4-6-12-16(14)15-11-5-3-9-13(15)7-1/h1-16H/b7-1-,8-2-. The molecular weight excluding hydrogens is 192 g/mol. The van der Waals surface area contributed by atoms with Crippen LogP contribution in [0.2, 0.25) is 0 Å². The zero-order valence-corrected chi connectivity index (χ0v) is 9.24. The first-order chi connectivity index (χ1) is 7.95. The highest BCUT2D eigenvalue weighted by atomic mass is 14.3. The second-order valence-electron chi connectivity index (χ2n) is 4.62. The van der Waals surface area contributed by atoms with E-state index in [9.17, 15) is 0 Å². The molecule has 4 atom stereocenters. The third-order valence-corrected chi connectivity index (χ3v) is 3.67. The summed E-state index contributed by atoms with van der Waals surface area (Å²) in [6.45, 7) is 0. The predicted octanol–water partition coefficient (Wildman–Crippen LogP) is 3.83. The lowest BCUT2D eigenvalue weighted by Gasteiger charge is -2.33. The highest BCUT2D eigenvalue weighted by molar-refractivity contribution is 5.29. The summed E-state index contributed by atoms with van der Waals surface area (Å²) in [6, 6.07) is 0. The van der Waals surface area contributed by atoms with Crippen LogP contribution in [0.5, 0.6) is 0 Å². The van der Waals surface area contributed by atoms with E-state index >= 15 is 0 Å². The quantitative estimate of drug-likeness (QED) is 0.567. The molecule has 4 unspecified atom stereocenters. The topological polar surface area (TPSA) is 0 Å². The molecule has 0 nitrogen and oxygen atoms in total. The summed E-state index contributed by atoms with van der Waals surface area (Å²) >= 11 is 0. The van der Waals surface area contributed by atoms with Crippen LogP contribution in [-0.2, 0) is 0 Å². The lowest BCUT2D eigenvalue weighted by Crippen LogP contribution is -2.26. The molecule has 3 rings (SSSR count). The third kappa shape index (κ3) is 1.65. The SMILES string of the molecule is C1=CC2/C=C\C=C/C3C=CC=CC3C2C=C1. The van der Waals surface area contributed by atoms with Crippen LogP contribution in [0.4, 0.5) is 0 Å². The second kappa shape index (κ2) is 4.13. The zero-order chi connectivity index (χ0) is 10.8. The number of hydrogen-bond acceptors (Lipinski definition) is 0. The molecule has 16 heavy (non-hydrogen) atoms. The molecule has 0 heteroatoms. The van der Waals surface area contributed by atoms with Gasteiger partial charge in [0.15, 0.2) is 0 Å². The summed E-state index contributed by atoms with van der Waals surface area (Å²) < 4.78 is 0. The van der Waals surface area contributed by atoms with E-state index in [0.29, 0.717) is 23.7 Å². The summed E-state index contributed by atoms with van der Waals surface area (Å²) in [5.74, 6) is 2.33. The van der Waals surface area contributed by atoms with Gasteiger partial charge in [0, 0.05) is 11.8 Å². The van der Waals surface area contributed by atoms with E-state index in [1.807, 2.05) is 0 Å². The van der Waals surface area contributed by atoms with Gasteiger partial charge in [0.2, 0.25) is 0 Å². The minimum Gasteiger partial charge on any atom is -0.0799 e. The van der Waals surface area contributed by atoms with E-state index in [0.717, 1.165) is 0 Å². The Morgan fingerprint density at radius 1 is 0.375 bits per heavy atom. The molecule has 0 bridgehead atoms. The Morgan fingerprint density at radius 3 is 1.06 bits per heavy atom. The first-order valence-electron chi connectivity index (χ1n) is 6.00. The van der Waals surface area contributed by atoms with Crippen molar-refractivity contribution < 1.29 is 0 Å². The smallest absolute Gasteiger partial charge is 0.00217 e. The van der Waals surface area contributed by atoms with Crippen molar-refractivity contribution in [3.05, 3.63) is 72.9 Å². The van der Waals surface area contributed by atoms with Crippen molar-refractivity contribution in [2.75, 3.05) is 0 Å². The molecular formula is C16H16. The molecule has 3 aliphatic carbocycles. The van der Waals surface area contributed by atoms with Crippen LogP contribution in [0.1, 0.15) is 0 Å². The van der Waals surface area contributed by atoms with Crippen molar-refractivity contribution in [2.24, 2.45) is 23.7 Å². The van der Waals surface area contributed by atoms with Gasteiger partial charge in [-0.1, -0.05) is 72.9 Å². The van der Waals surface area contributed by atoms with Gasteiger partial charge < -0.3 is 0 Å². The lowest BCUT2D eigenvalue weighted by molar-refractivity contribution is 0.367. The molecule has 0 aromatic rings. The minimum absolute atomic E-state index is 0.554. The molecule has 0 aromatic heterocycles. The molecule has 0 saturated heterocycles. The maximum absolute atomic E-state index is 2.36. The Labute approximate surface area is 97.1 Å². The molecule has 0 saturated carbocycles. The Hall–Kier alpha value is -1.56. The monoisotopic (exact) mass is 208 g/mol. The fraction of sp³-hybridized carbons (Fsp3) is 0.250. The van der Waals surface area contributed by atoms with E-state index in [-0.39, 0.29) is 0 Å². The van der Waals surface area contributed by atoms with Gasteiger partial charge in [-0.2, -0.15) is 0 Å². The number of rotatable bonds is 0. The average molecular weight is 208 g/mol. The third-order valence-electron chi connectivity index (χ3n) is 3.67. The summed E-state index contributed by atoms with van der Waals surface area (Å²) in [5, 5.41) is 0. The van der Waals surface area contributed by atoms with Gasteiger partial charge in [-0.05, 0) is 11.8 Å². The lowest BCUT2D eigenvalue weighted by atomic mass is 9.71. The molecule has 3 aliphatic rings. The number of fused-ring (bicyclic) bond motifs is 3. The van der Waals surface area contributed by atoms with Gasteiger partial charge in [0.05, 0.1) is 0 Å². The van der Waals surface area contributed by atoms with Crippen LogP contribution >= 0.6 is 0 Å². The van der Waals surface area contributed by atoms with Crippen LogP contribution in [-0.4, -0.2) is 0 Å².